The van der Waals surface area contributed by atoms with E-state index >= 15 is 0 Å². The van der Waals surface area contributed by atoms with Gasteiger partial charge in [0.25, 0.3) is 0 Å². The number of aliphatic hydroxyl groups excluding tert-OH is 1. The topological polar surface area (TPSA) is 127 Å². The Morgan fingerprint density at radius 2 is 1.59 bits per heavy atom. The molecule has 12 heteroatoms. The van der Waals surface area contributed by atoms with Crippen molar-refractivity contribution in [1.29, 1.82) is 0 Å². The standard InChI is InChI=1S/C22H39N5O5Si2/c1-12(2)33(13(3)4)29-9-16-19(31-34(32-33,14(5)6)15(7)8)18(28)22(30-16)27-11-26-17-20(23)24-10-25-21(17)27/h10-16,18-19,22,28H,9H2,1-8H3,(H2,23,24,25)/t16-,18?,19+,22-/m1/s1. The summed E-state index contributed by atoms with van der Waals surface area (Å²) in [5.41, 5.74) is 7.73. The number of nitrogens with two attached hydrogens (primary N) is 1. The van der Waals surface area contributed by atoms with Crippen molar-refractivity contribution in [3.8, 4) is 0 Å². The van der Waals surface area contributed by atoms with Crippen LogP contribution < -0.4 is 5.73 Å². The first kappa shape index (κ1) is 25.7. The molecule has 4 atom stereocenters. The SMILES string of the molecule is CC(C)[Si]1(C(C)C)OC[C@H]2O[C@@H](n3cnc4c(N)ncnc43)C(O)[C@H]2O[Si](C(C)C)(C(C)C)O1. The van der Waals surface area contributed by atoms with Gasteiger partial charge in [-0.2, -0.15) is 0 Å². The highest BCUT2D eigenvalue weighted by Crippen LogP contribution is 2.48. The average molecular weight is 510 g/mol. The monoisotopic (exact) mass is 509 g/mol. The number of aliphatic hydroxyl groups is 1. The number of nitrogen functional groups attached to an aromatic ring is 1. The van der Waals surface area contributed by atoms with E-state index in [0.29, 0.717) is 17.8 Å². The van der Waals surface area contributed by atoms with E-state index in [9.17, 15) is 5.11 Å². The van der Waals surface area contributed by atoms with Crippen LogP contribution in [0.3, 0.4) is 0 Å². The summed E-state index contributed by atoms with van der Waals surface area (Å²) in [6.07, 6.45) is 0.225. The molecule has 0 bridgehead atoms. The molecule has 2 aliphatic rings. The molecular weight excluding hydrogens is 470 g/mol. The minimum atomic E-state index is -2.86. The highest BCUT2D eigenvalue weighted by Gasteiger charge is 2.61. The molecule has 0 radical (unpaired) electrons. The summed E-state index contributed by atoms with van der Waals surface area (Å²) >= 11 is 0. The summed E-state index contributed by atoms with van der Waals surface area (Å²) in [5.74, 6) is 0.283. The van der Waals surface area contributed by atoms with Crippen molar-refractivity contribution >= 4 is 34.1 Å². The first-order valence-corrected chi connectivity index (χ1v) is 16.2. The molecule has 4 heterocycles. The lowest BCUT2D eigenvalue weighted by atomic mass is 10.1. The summed E-state index contributed by atoms with van der Waals surface area (Å²) in [6, 6.07) is 0. The molecule has 0 aromatic carbocycles. The lowest BCUT2D eigenvalue weighted by Gasteiger charge is -2.51. The quantitative estimate of drug-likeness (QED) is 0.581. The van der Waals surface area contributed by atoms with Crippen molar-refractivity contribution < 1.29 is 22.8 Å². The smallest absolute Gasteiger partial charge is 0.335 e. The number of anilines is 1. The molecule has 0 saturated carbocycles. The maximum atomic E-state index is 11.5. The zero-order valence-electron chi connectivity index (χ0n) is 21.4. The Balaban J connectivity index is 1.77. The molecule has 190 valence electrons. The van der Waals surface area contributed by atoms with Crippen LogP contribution in [0.15, 0.2) is 12.7 Å². The zero-order valence-corrected chi connectivity index (χ0v) is 23.4. The number of nitrogens with zero attached hydrogens (tertiary/aromatic N) is 4. The van der Waals surface area contributed by atoms with Crippen molar-refractivity contribution in [3.63, 3.8) is 0 Å². The zero-order chi connectivity index (χ0) is 25.0. The van der Waals surface area contributed by atoms with Crippen molar-refractivity contribution in [2.24, 2.45) is 0 Å². The van der Waals surface area contributed by atoms with E-state index in [1.807, 2.05) is 0 Å². The second-order valence-electron chi connectivity index (χ2n) is 10.7. The molecule has 2 fully saturated rings. The van der Waals surface area contributed by atoms with Crippen LogP contribution in [0.1, 0.15) is 61.6 Å². The Bertz CT molecular complexity index is 1000. The normalized spacial score (nSPS) is 29.2. The molecule has 2 aromatic rings. The van der Waals surface area contributed by atoms with E-state index in [1.165, 1.54) is 6.33 Å². The van der Waals surface area contributed by atoms with E-state index in [2.05, 4.69) is 70.3 Å². The van der Waals surface area contributed by atoms with Crippen molar-refractivity contribution in [1.82, 2.24) is 19.5 Å². The first-order valence-electron chi connectivity index (χ1n) is 12.2. The molecule has 10 nitrogen and oxygen atoms in total. The van der Waals surface area contributed by atoms with Gasteiger partial charge in [-0.3, -0.25) is 4.57 Å². The van der Waals surface area contributed by atoms with Gasteiger partial charge >= 0.3 is 17.1 Å². The van der Waals surface area contributed by atoms with Crippen molar-refractivity contribution in [2.75, 3.05) is 12.3 Å². The number of hydrogen-bond donors (Lipinski definition) is 2. The van der Waals surface area contributed by atoms with Gasteiger partial charge in [0.15, 0.2) is 17.7 Å². The average Bonchev–Trinajstić information content (AvgIpc) is 3.29. The van der Waals surface area contributed by atoms with Crippen LogP contribution in [0.4, 0.5) is 5.82 Å². The van der Waals surface area contributed by atoms with Gasteiger partial charge in [0.2, 0.25) is 0 Å². The Morgan fingerprint density at radius 3 is 2.18 bits per heavy atom. The Hall–Kier alpha value is -1.42. The first-order chi connectivity index (χ1) is 15.9. The van der Waals surface area contributed by atoms with E-state index in [-0.39, 0.29) is 28.0 Å². The number of aromatic nitrogens is 4. The van der Waals surface area contributed by atoms with E-state index < -0.39 is 41.7 Å². The summed E-state index contributed by atoms with van der Waals surface area (Å²) < 4.78 is 29.0. The van der Waals surface area contributed by atoms with Crippen LogP contribution in [-0.2, 0) is 17.7 Å². The van der Waals surface area contributed by atoms with Gasteiger partial charge in [0.05, 0.1) is 12.9 Å². The van der Waals surface area contributed by atoms with Crippen LogP contribution in [0.5, 0.6) is 0 Å². The predicted molar refractivity (Wildman–Crippen MR) is 133 cm³/mol. The fourth-order valence-corrected chi connectivity index (χ4v) is 16.6. The molecule has 2 saturated heterocycles. The largest absolute Gasteiger partial charge is 0.414 e. The van der Waals surface area contributed by atoms with Crippen LogP contribution >= 0.6 is 0 Å². The minimum Gasteiger partial charge on any atom is -0.414 e. The maximum Gasteiger partial charge on any atom is 0.335 e. The van der Waals surface area contributed by atoms with Crippen LogP contribution in [0.2, 0.25) is 22.2 Å². The van der Waals surface area contributed by atoms with E-state index in [0.717, 1.165) is 0 Å². The summed E-state index contributed by atoms with van der Waals surface area (Å²) in [4.78, 5) is 12.7. The number of fused-ring (bicyclic) bond motifs is 2. The van der Waals surface area contributed by atoms with Gasteiger partial charge in [0.1, 0.15) is 30.2 Å². The lowest BCUT2D eigenvalue weighted by Crippen LogP contribution is -2.65. The lowest BCUT2D eigenvalue weighted by molar-refractivity contribution is -0.0570. The second-order valence-corrected chi connectivity index (χ2v) is 19.5. The van der Waals surface area contributed by atoms with Crippen molar-refractivity contribution in [3.05, 3.63) is 12.7 Å². The van der Waals surface area contributed by atoms with E-state index in [4.69, 9.17) is 23.4 Å². The molecule has 34 heavy (non-hydrogen) atoms. The van der Waals surface area contributed by atoms with Gasteiger partial charge in [0, 0.05) is 0 Å². The second kappa shape index (κ2) is 9.23. The summed E-state index contributed by atoms with van der Waals surface area (Å²) in [7, 11) is -5.54. The predicted octanol–water partition coefficient (Wildman–Crippen LogP) is 3.62. The number of rotatable bonds is 5. The molecule has 4 rings (SSSR count). The van der Waals surface area contributed by atoms with Gasteiger partial charge in [-0.05, 0) is 22.2 Å². The van der Waals surface area contributed by atoms with Crippen molar-refractivity contribution in [2.45, 2.75) is 102 Å². The molecular formula is C22H39N5O5Si2. The third-order valence-electron chi connectivity index (χ3n) is 7.30. The van der Waals surface area contributed by atoms with Crippen LogP contribution in [0.25, 0.3) is 11.2 Å². The molecule has 0 spiro atoms. The third-order valence-corrected chi connectivity index (χ3v) is 17.6. The molecule has 2 aliphatic heterocycles. The minimum absolute atomic E-state index is 0.159. The van der Waals surface area contributed by atoms with Crippen LogP contribution in [-0.4, -0.2) is 66.7 Å². The highest BCUT2D eigenvalue weighted by atomic mass is 28.5. The van der Waals surface area contributed by atoms with Gasteiger partial charge < -0.3 is 28.5 Å². The van der Waals surface area contributed by atoms with Crippen LogP contribution in [0, 0.1) is 0 Å². The number of hydrogen-bond acceptors (Lipinski definition) is 9. The van der Waals surface area contributed by atoms with E-state index in [1.54, 1.807) is 10.9 Å². The number of imidazole rings is 1. The number of ether oxygens (including phenoxy) is 1. The Kier molecular flexibility index (Phi) is 6.97. The third kappa shape index (κ3) is 3.92. The fraction of sp³-hybridized carbons (Fsp3) is 0.773. The Labute approximate surface area is 203 Å². The molecule has 0 aliphatic carbocycles. The van der Waals surface area contributed by atoms with Gasteiger partial charge in [-0.15, -0.1) is 0 Å². The highest BCUT2D eigenvalue weighted by molar-refractivity contribution is 6.83. The molecule has 1 unspecified atom stereocenters. The Morgan fingerprint density at radius 1 is 0.971 bits per heavy atom. The maximum absolute atomic E-state index is 11.5. The van der Waals surface area contributed by atoms with Gasteiger partial charge in [-0.25, -0.2) is 15.0 Å². The molecule has 0 amide bonds. The fourth-order valence-electron chi connectivity index (χ4n) is 5.42. The molecule has 2 aromatic heterocycles. The molecule has 3 N–H and O–H groups in total. The van der Waals surface area contributed by atoms with Gasteiger partial charge in [-0.1, -0.05) is 55.4 Å². The summed E-state index contributed by atoms with van der Waals surface area (Å²) in [6.45, 7) is 17.7. The summed E-state index contributed by atoms with van der Waals surface area (Å²) in [5, 5.41) is 11.5.